The molecule has 6 heteroatoms. The van der Waals surface area contributed by atoms with E-state index in [0.29, 0.717) is 29.4 Å². The van der Waals surface area contributed by atoms with E-state index in [9.17, 15) is 9.59 Å². The van der Waals surface area contributed by atoms with Crippen molar-refractivity contribution in [3.05, 3.63) is 53.6 Å². The van der Waals surface area contributed by atoms with Crippen molar-refractivity contribution in [2.45, 2.75) is 26.8 Å². The third kappa shape index (κ3) is 4.99. The number of anilines is 1. The van der Waals surface area contributed by atoms with Crippen molar-refractivity contribution in [1.82, 2.24) is 5.32 Å². The Balaban J connectivity index is 2.12. The molecule has 0 radical (unpaired) electrons. The lowest BCUT2D eigenvalue weighted by Gasteiger charge is -2.16. The second-order valence-electron chi connectivity index (χ2n) is 5.80. The summed E-state index contributed by atoms with van der Waals surface area (Å²) < 4.78 is 10.8. The molecule has 2 amide bonds. The molecule has 6 nitrogen and oxygen atoms in total. The highest BCUT2D eigenvalue weighted by Gasteiger charge is 2.14. The first-order chi connectivity index (χ1) is 12.4. The van der Waals surface area contributed by atoms with Crippen LogP contribution in [0, 0.1) is 0 Å². The van der Waals surface area contributed by atoms with Crippen LogP contribution >= 0.6 is 0 Å². The molecule has 2 aromatic carbocycles. The summed E-state index contributed by atoms with van der Waals surface area (Å²) in [6.07, 6.45) is 0. The largest absolute Gasteiger partial charge is 0.493 e. The zero-order chi connectivity index (χ0) is 19.1. The standard InChI is InChI=1S/C20H24N2O4/c1-5-26-18-10-9-16(12-19(18)25-4)20(24)21-13(2)15-7-6-8-17(11-15)22-14(3)23/h6-13H,5H2,1-4H3,(H,21,24)(H,22,23). The van der Waals surface area contributed by atoms with Gasteiger partial charge in [0.1, 0.15) is 0 Å². The van der Waals surface area contributed by atoms with Gasteiger partial charge in [-0.05, 0) is 49.7 Å². The zero-order valence-corrected chi connectivity index (χ0v) is 15.5. The van der Waals surface area contributed by atoms with Gasteiger partial charge in [0.05, 0.1) is 19.8 Å². The Labute approximate surface area is 153 Å². The van der Waals surface area contributed by atoms with E-state index < -0.39 is 0 Å². The number of carbonyl (C=O) groups excluding carboxylic acids is 2. The summed E-state index contributed by atoms with van der Waals surface area (Å²) in [5.41, 5.74) is 2.07. The quantitative estimate of drug-likeness (QED) is 0.795. The van der Waals surface area contributed by atoms with Crippen LogP contribution in [0.25, 0.3) is 0 Å². The van der Waals surface area contributed by atoms with Gasteiger partial charge in [0.25, 0.3) is 5.91 Å². The lowest BCUT2D eigenvalue weighted by molar-refractivity contribution is -0.114. The van der Waals surface area contributed by atoms with Crippen molar-refractivity contribution in [3.63, 3.8) is 0 Å². The minimum absolute atomic E-state index is 0.139. The minimum atomic E-state index is -0.228. The van der Waals surface area contributed by atoms with Crippen LogP contribution in [0.4, 0.5) is 5.69 Å². The van der Waals surface area contributed by atoms with E-state index in [1.54, 1.807) is 24.3 Å². The van der Waals surface area contributed by atoms with Crippen molar-refractivity contribution < 1.29 is 19.1 Å². The molecule has 138 valence electrons. The number of hydrogen-bond acceptors (Lipinski definition) is 4. The lowest BCUT2D eigenvalue weighted by Crippen LogP contribution is -2.26. The number of carbonyl (C=O) groups is 2. The van der Waals surface area contributed by atoms with Crippen molar-refractivity contribution in [2.24, 2.45) is 0 Å². The zero-order valence-electron chi connectivity index (χ0n) is 15.5. The maximum atomic E-state index is 12.6. The van der Waals surface area contributed by atoms with E-state index in [0.717, 1.165) is 5.56 Å². The second kappa shape index (κ2) is 8.89. The van der Waals surface area contributed by atoms with E-state index >= 15 is 0 Å². The molecule has 2 rings (SSSR count). The summed E-state index contributed by atoms with van der Waals surface area (Å²) in [6.45, 7) is 5.74. The molecular weight excluding hydrogens is 332 g/mol. The van der Waals surface area contributed by atoms with Crippen LogP contribution < -0.4 is 20.1 Å². The molecule has 0 aliphatic rings. The number of ether oxygens (including phenoxy) is 2. The molecule has 0 saturated heterocycles. The van der Waals surface area contributed by atoms with E-state index in [2.05, 4.69) is 10.6 Å². The summed E-state index contributed by atoms with van der Waals surface area (Å²) >= 11 is 0. The van der Waals surface area contributed by atoms with Gasteiger partial charge in [0.2, 0.25) is 5.91 Å². The maximum Gasteiger partial charge on any atom is 0.251 e. The highest BCUT2D eigenvalue weighted by molar-refractivity contribution is 5.95. The van der Waals surface area contributed by atoms with Gasteiger partial charge in [0.15, 0.2) is 11.5 Å². The summed E-state index contributed by atoms with van der Waals surface area (Å²) in [5.74, 6) is 0.756. The van der Waals surface area contributed by atoms with Crippen LogP contribution in [0.5, 0.6) is 11.5 Å². The number of amides is 2. The van der Waals surface area contributed by atoms with E-state index in [4.69, 9.17) is 9.47 Å². The van der Waals surface area contributed by atoms with Crippen molar-refractivity contribution in [2.75, 3.05) is 19.0 Å². The first-order valence-corrected chi connectivity index (χ1v) is 8.43. The van der Waals surface area contributed by atoms with Gasteiger partial charge < -0.3 is 20.1 Å². The third-order valence-electron chi connectivity index (χ3n) is 3.78. The van der Waals surface area contributed by atoms with Crippen LogP contribution in [0.2, 0.25) is 0 Å². The third-order valence-corrected chi connectivity index (χ3v) is 3.78. The predicted molar refractivity (Wildman–Crippen MR) is 101 cm³/mol. The smallest absolute Gasteiger partial charge is 0.251 e. The van der Waals surface area contributed by atoms with Gasteiger partial charge in [-0.3, -0.25) is 9.59 Å². The molecule has 0 spiro atoms. The molecule has 0 aliphatic heterocycles. The monoisotopic (exact) mass is 356 g/mol. The number of benzene rings is 2. The molecule has 0 saturated carbocycles. The average molecular weight is 356 g/mol. The fourth-order valence-corrected chi connectivity index (χ4v) is 2.54. The Bertz CT molecular complexity index is 789. The Hall–Kier alpha value is -3.02. The minimum Gasteiger partial charge on any atom is -0.493 e. The molecule has 0 bridgehead atoms. The highest BCUT2D eigenvalue weighted by atomic mass is 16.5. The molecule has 0 aromatic heterocycles. The molecule has 0 aliphatic carbocycles. The number of rotatable bonds is 7. The van der Waals surface area contributed by atoms with Crippen LogP contribution in [0.1, 0.15) is 42.7 Å². The van der Waals surface area contributed by atoms with E-state index in [1.807, 2.05) is 32.0 Å². The first kappa shape index (κ1) is 19.3. The van der Waals surface area contributed by atoms with Gasteiger partial charge in [-0.25, -0.2) is 0 Å². The molecule has 0 heterocycles. The fraction of sp³-hybridized carbons (Fsp3) is 0.300. The molecule has 1 unspecified atom stereocenters. The number of hydrogen-bond donors (Lipinski definition) is 2. The van der Waals surface area contributed by atoms with Gasteiger partial charge in [0, 0.05) is 18.2 Å². The average Bonchev–Trinajstić information content (AvgIpc) is 2.61. The topological polar surface area (TPSA) is 76.7 Å². The van der Waals surface area contributed by atoms with Crippen molar-refractivity contribution >= 4 is 17.5 Å². The van der Waals surface area contributed by atoms with Crippen LogP contribution in [0.15, 0.2) is 42.5 Å². The lowest BCUT2D eigenvalue weighted by atomic mass is 10.1. The molecule has 1 atom stereocenters. The molecule has 2 aromatic rings. The molecule has 2 N–H and O–H groups in total. The Morgan fingerprint density at radius 3 is 2.54 bits per heavy atom. The molecule has 26 heavy (non-hydrogen) atoms. The second-order valence-corrected chi connectivity index (χ2v) is 5.80. The van der Waals surface area contributed by atoms with Crippen LogP contribution in [-0.2, 0) is 4.79 Å². The summed E-state index contributed by atoms with van der Waals surface area (Å²) in [6, 6.07) is 12.2. The predicted octanol–water partition coefficient (Wildman–Crippen LogP) is 3.54. The highest BCUT2D eigenvalue weighted by Crippen LogP contribution is 2.28. The van der Waals surface area contributed by atoms with Gasteiger partial charge in [-0.2, -0.15) is 0 Å². The normalized spacial score (nSPS) is 11.4. The molecular formula is C20H24N2O4. The number of nitrogens with one attached hydrogen (secondary N) is 2. The SMILES string of the molecule is CCOc1ccc(C(=O)NC(C)c2cccc(NC(C)=O)c2)cc1OC. The molecule has 0 fully saturated rings. The van der Waals surface area contributed by atoms with Crippen LogP contribution in [-0.4, -0.2) is 25.5 Å². The maximum absolute atomic E-state index is 12.6. The summed E-state index contributed by atoms with van der Waals surface area (Å²) in [4.78, 5) is 23.7. The number of methoxy groups -OCH3 is 1. The summed E-state index contributed by atoms with van der Waals surface area (Å²) in [7, 11) is 1.54. The van der Waals surface area contributed by atoms with Crippen molar-refractivity contribution in [3.8, 4) is 11.5 Å². The van der Waals surface area contributed by atoms with Crippen LogP contribution in [0.3, 0.4) is 0 Å². The van der Waals surface area contributed by atoms with Gasteiger partial charge in [-0.15, -0.1) is 0 Å². The summed E-state index contributed by atoms with van der Waals surface area (Å²) in [5, 5.41) is 5.68. The van der Waals surface area contributed by atoms with E-state index in [-0.39, 0.29) is 17.9 Å². The van der Waals surface area contributed by atoms with E-state index in [1.165, 1.54) is 14.0 Å². The Morgan fingerprint density at radius 1 is 1.12 bits per heavy atom. The first-order valence-electron chi connectivity index (χ1n) is 8.43. The Morgan fingerprint density at radius 2 is 1.88 bits per heavy atom. The van der Waals surface area contributed by atoms with Crippen molar-refractivity contribution in [1.29, 1.82) is 0 Å². The Kier molecular flexibility index (Phi) is 6.60. The van der Waals surface area contributed by atoms with Gasteiger partial charge >= 0.3 is 0 Å². The fourth-order valence-electron chi connectivity index (χ4n) is 2.54. The van der Waals surface area contributed by atoms with Gasteiger partial charge in [-0.1, -0.05) is 12.1 Å².